The van der Waals surface area contributed by atoms with Crippen LogP contribution in [0.25, 0.3) is 0 Å². The van der Waals surface area contributed by atoms with Crippen LogP contribution in [0.5, 0.6) is 5.75 Å². The Labute approximate surface area is 128 Å². The van der Waals surface area contributed by atoms with E-state index < -0.39 is 10.0 Å². The molecule has 7 heteroatoms. The summed E-state index contributed by atoms with van der Waals surface area (Å²) >= 11 is 5.83. The number of para-hydroxylation sites is 1. The minimum absolute atomic E-state index is 0.0426. The summed E-state index contributed by atoms with van der Waals surface area (Å²) in [7, 11) is -2.07. The van der Waals surface area contributed by atoms with Crippen LogP contribution in [-0.2, 0) is 16.6 Å². The number of halogens is 1. The van der Waals surface area contributed by atoms with E-state index in [9.17, 15) is 13.5 Å². The van der Waals surface area contributed by atoms with E-state index in [0.717, 1.165) is 5.69 Å². The predicted octanol–water partition coefficient (Wildman–Crippen LogP) is 2.57. The van der Waals surface area contributed by atoms with E-state index in [1.807, 2.05) is 0 Å². The normalized spacial score (nSPS) is 11.3. The third-order valence-electron chi connectivity index (χ3n) is 2.99. The summed E-state index contributed by atoms with van der Waals surface area (Å²) in [5.74, 6) is 0.0426. The van der Waals surface area contributed by atoms with Crippen LogP contribution in [0.3, 0.4) is 0 Å². The Morgan fingerprint density at radius 3 is 2.43 bits per heavy atom. The number of anilines is 1. The van der Waals surface area contributed by atoms with Crippen molar-refractivity contribution in [3.63, 3.8) is 0 Å². The topological polar surface area (TPSA) is 78.4 Å². The Kier molecular flexibility index (Phi) is 4.72. The lowest BCUT2D eigenvalue weighted by Crippen LogP contribution is -2.18. The molecule has 0 heterocycles. The third-order valence-corrected chi connectivity index (χ3v) is 4.72. The number of benzene rings is 2. The summed E-state index contributed by atoms with van der Waals surface area (Å²) in [6.07, 6.45) is 0. The van der Waals surface area contributed by atoms with Crippen molar-refractivity contribution < 1.29 is 13.5 Å². The highest BCUT2D eigenvalue weighted by Gasteiger charge is 2.10. The Morgan fingerprint density at radius 1 is 1.14 bits per heavy atom. The predicted molar refractivity (Wildman–Crippen MR) is 83.1 cm³/mol. The summed E-state index contributed by atoms with van der Waals surface area (Å²) in [6.45, 7) is 0.379. The zero-order valence-electron chi connectivity index (χ0n) is 11.3. The quantitative estimate of drug-likeness (QED) is 0.789. The van der Waals surface area contributed by atoms with Gasteiger partial charge in [-0.15, -0.1) is 0 Å². The molecule has 0 amide bonds. The lowest BCUT2D eigenvalue weighted by molar-refractivity contribution is 0.469. The Hall–Kier alpha value is -1.76. The van der Waals surface area contributed by atoms with Gasteiger partial charge in [-0.05, 0) is 37.4 Å². The number of rotatable bonds is 5. The molecule has 3 N–H and O–H groups in total. The molecule has 2 aromatic rings. The molecule has 0 radical (unpaired) electrons. The van der Waals surface area contributed by atoms with Gasteiger partial charge >= 0.3 is 0 Å². The van der Waals surface area contributed by atoms with E-state index in [1.54, 1.807) is 30.3 Å². The van der Waals surface area contributed by atoms with Gasteiger partial charge in [-0.3, -0.25) is 0 Å². The van der Waals surface area contributed by atoms with Crippen LogP contribution in [-0.4, -0.2) is 20.6 Å². The first-order chi connectivity index (χ1) is 9.94. The molecule has 0 aliphatic rings. The van der Waals surface area contributed by atoms with Crippen molar-refractivity contribution in [1.82, 2.24) is 4.72 Å². The van der Waals surface area contributed by atoms with E-state index in [0.29, 0.717) is 17.1 Å². The summed E-state index contributed by atoms with van der Waals surface area (Å²) in [6, 6.07) is 11.4. The second-order valence-corrected chi connectivity index (χ2v) is 6.63. The zero-order valence-corrected chi connectivity index (χ0v) is 12.9. The fourth-order valence-corrected chi connectivity index (χ4v) is 2.69. The van der Waals surface area contributed by atoms with Crippen LogP contribution >= 0.6 is 11.6 Å². The number of phenols is 1. The van der Waals surface area contributed by atoms with Gasteiger partial charge in [-0.2, -0.15) is 0 Å². The molecule has 0 aromatic heterocycles. The smallest absolute Gasteiger partial charge is 0.240 e. The van der Waals surface area contributed by atoms with Crippen molar-refractivity contribution in [1.29, 1.82) is 0 Å². The largest absolute Gasteiger partial charge is 0.506 e. The van der Waals surface area contributed by atoms with Gasteiger partial charge in [-0.25, -0.2) is 13.1 Å². The molecule has 112 valence electrons. The minimum atomic E-state index is -3.43. The molecule has 0 unspecified atom stereocenters. The second-order valence-electron chi connectivity index (χ2n) is 4.33. The maximum Gasteiger partial charge on any atom is 0.240 e. The number of phenolic OH excluding ortho intramolecular Hbond substituents is 1. The highest BCUT2D eigenvalue weighted by atomic mass is 35.5. The maximum absolute atomic E-state index is 11.6. The molecule has 2 aromatic carbocycles. The van der Waals surface area contributed by atoms with Gasteiger partial charge in [0.25, 0.3) is 0 Å². The van der Waals surface area contributed by atoms with Gasteiger partial charge in [0, 0.05) is 17.8 Å². The van der Waals surface area contributed by atoms with E-state index in [2.05, 4.69) is 10.0 Å². The molecule has 0 aliphatic carbocycles. The van der Waals surface area contributed by atoms with Crippen LogP contribution in [0, 0.1) is 0 Å². The van der Waals surface area contributed by atoms with Gasteiger partial charge < -0.3 is 10.4 Å². The van der Waals surface area contributed by atoms with Crippen molar-refractivity contribution >= 4 is 27.3 Å². The zero-order chi connectivity index (χ0) is 15.5. The number of hydrogen-bond donors (Lipinski definition) is 3. The lowest BCUT2D eigenvalue weighted by atomic mass is 10.2. The van der Waals surface area contributed by atoms with Gasteiger partial charge in [0.2, 0.25) is 10.0 Å². The van der Waals surface area contributed by atoms with Crippen molar-refractivity contribution in [3.8, 4) is 5.75 Å². The van der Waals surface area contributed by atoms with Gasteiger partial charge in [-0.1, -0.05) is 23.7 Å². The molecule has 0 saturated carbocycles. The number of nitrogens with one attached hydrogen (secondary N) is 2. The first-order valence-corrected chi connectivity index (χ1v) is 8.04. The van der Waals surface area contributed by atoms with Crippen LogP contribution in [0.2, 0.25) is 5.02 Å². The molecular weight excluding hydrogens is 312 g/mol. The Morgan fingerprint density at radius 2 is 1.81 bits per heavy atom. The van der Waals surface area contributed by atoms with Gasteiger partial charge in [0.1, 0.15) is 5.75 Å². The molecule has 2 rings (SSSR count). The first-order valence-electron chi connectivity index (χ1n) is 6.18. The summed E-state index contributed by atoms with van der Waals surface area (Å²) in [5, 5.41) is 13.2. The average Bonchev–Trinajstić information content (AvgIpc) is 2.49. The monoisotopic (exact) mass is 326 g/mol. The number of sulfonamides is 1. The van der Waals surface area contributed by atoms with Crippen molar-refractivity contribution in [2.45, 2.75) is 11.4 Å². The molecule has 0 aliphatic heterocycles. The lowest BCUT2D eigenvalue weighted by Gasteiger charge is -2.10. The van der Waals surface area contributed by atoms with Crippen LogP contribution in [0.15, 0.2) is 47.4 Å². The molecule has 0 saturated heterocycles. The molecule has 0 atom stereocenters. The van der Waals surface area contributed by atoms with E-state index >= 15 is 0 Å². The van der Waals surface area contributed by atoms with E-state index in [1.165, 1.54) is 19.2 Å². The maximum atomic E-state index is 11.6. The Bertz CT molecular complexity index is 730. The van der Waals surface area contributed by atoms with E-state index in [4.69, 9.17) is 11.6 Å². The first kappa shape index (κ1) is 15.6. The van der Waals surface area contributed by atoms with Gasteiger partial charge in [0.15, 0.2) is 0 Å². The summed E-state index contributed by atoms with van der Waals surface area (Å²) in [5.41, 5.74) is 1.40. The fourth-order valence-electron chi connectivity index (χ4n) is 1.77. The fraction of sp³-hybridized carbons (Fsp3) is 0.143. The van der Waals surface area contributed by atoms with Crippen LogP contribution in [0.1, 0.15) is 5.56 Å². The highest BCUT2D eigenvalue weighted by Crippen LogP contribution is 2.27. The average molecular weight is 327 g/mol. The molecule has 5 nitrogen and oxygen atoms in total. The molecule has 0 fully saturated rings. The summed E-state index contributed by atoms with van der Waals surface area (Å²) < 4.78 is 25.4. The molecule has 0 bridgehead atoms. The highest BCUT2D eigenvalue weighted by molar-refractivity contribution is 7.89. The van der Waals surface area contributed by atoms with Crippen molar-refractivity contribution in [2.24, 2.45) is 0 Å². The second kappa shape index (κ2) is 6.34. The third kappa shape index (κ3) is 3.66. The minimum Gasteiger partial charge on any atom is -0.506 e. The number of aromatic hydroxyl groups is 1. The standard InChI is InChI=1S/C14H15ClN2O3S/c1-16-21(19,20)12-7-5-11(6-8-12)17-9-10-3-2-4-13(15)14(10)18/h2-8,16-18H,9H2,1H3. The van der Waals surface area contributed by atoms with E-state index in [-0.39, 0.29) is 10.6 Å². The van der Waals surface area contributed by atoms with Crippen LogP contribution in [0.4, 0.5) is 5.69 Å². The van der Waals surface area contributed by atoms with Crippen molar-refractivity contribution in [3.05, 3.63) is 53.1 Å². The molecule has 21 heavy (non-hydrogen) atoms. The number of hydrogen-bond acceptors (Lipinski definition) is 4. The molecular formula is C14H15ClN2O3S. The summed E-state index contributed by atoms with van der Waals surface area (Å²) in [4.78, 5) is 0.196. The molecule has 0 spiro atoms. The SMILES string of the molecule is CNS(=O)(=O)c1ccc(NCc2cccc(Cl)c2O)cc1. The van der Waals surface area contributed by atoms with Crippen LogP contribution < -0.4 is 10.0 Å². The Balaban J connectivity index is 2.09. The van der Waals surface area contributed by atoms with Gasteiger partial charge in [0.05, 0.1) is 9.92 Å². The van der Waals surface area contributed by atoms with Crippen molar-refractivity contribution in [2.75, 3.05) is 12.4 Å².